The first-order chi connectivity index (χ1) is 10.4. The summed E-state index contributed by atoms with van der Waals surface area (Å²) in [4.78, 5) is 12.4. The van der Waals surface area contributed by atoms with E-state index < -0.39 is 5.41 Å². The highest BCUT2D eigenvalue weighted by Gasteiger charge is 2.33. The normalized spacial score (nSPS) is 12.1. The van der Waals surface area contributed by atoms with Crippen LogP contribution in [0.15, 0.2) is 24.3 Å². The molecule has 6 heteroatoms. The molecule has 140 valence electrons. The first-order valence-electron chi connectivity index (χ1n) is 8.24. The van der Waals surface area contributed by atoms with Crippen molar-refractivity contribution in [2.24, 2.45) is 16.9 Å². The number of nitrogens with two attached hydrogens (primary N) is 2. The summed E-state index contributed by atoms with van der Waals surface area (Å²) in [5.41, 5.74) is 13.8. The third-order valence-electron chi connectivity index (χ3n) is 4.74. The van der Waals surface area contributed by atoms with E-state index in [4.69, 9.17) is 11.5 Å². The van der Waals surface area contributed by atoms with Crippen molar-refractivity contribution in [1.29, 1.82) is 0 Å². The number of amides is 1. The summed E-state index contributed by atoms with van der Waals surface area (Å²) in [6, 6.07) is 8.09. The molecule has 0 aliphatic carbocycles. The molecule has 0 heterocycles. The molecule has 0 aliphatic heterocycles. The number of hydrogen-bond acceptors (Lipinski definition) is 3. The molecule has 5 N–H and O–H groups in total. The van der Waals surface area contributed by atoms with Crippen LogP contribution in [0.4, 0.5) is 0 Å². The molecule has 0 radical (unpaired) electrons. The van der Waals surface area contributed by atoms with Crippen LogP contribution in [0.5, 0.6) is 0 Å². The van der Waals surface area contributed by atoms with Crippen LogP contribution in [0, 0.1) is 5.41 Å². The number of carbonyl (C=O) groups is 1. The molecule has 1 rings (SSSR count). The zero-order valence-electron chi connectivity index (χ0n) is 15.2. The van der Waals surface area contributed by atoms with E-state index in [-0.39, 0.29) is 36.8 Å². The van der Waals surface area contributed by atoms with Crippen molar-refractivity contribution in [3.05, 3.63) is 35.4 Å². The minimum atomic E-state index is -0.471. The lowest BCUT2D eigenvalue weighted by Gasteiger charge is -2.29. The Morgan fingerprint density at radius 1 is 1.08 bits per heavy atom. The van der Waals surface area contributed by atoms with Gasteiger partial charge in [0.25, 0.3) is 0 Å². The van der Waals surface area contributed by atoms with Crippen molar-refractivity contribution in [3.8, 4) is 0 Å². The lowest BCUT2D eigenvalue weighted by molar-refractivity contribution is -0.131. The van der Waals surface area contributed by atoms with E-state index in [1.807, 2.05) is 26.0 Å². The Hall–Kier alpha value is -0.810. The van der Waals surface area contributed by atoms with Gasteiger partial charge in [0, 0.05) is 19.1 Å². The second-order valence-corrected chi connectivity index (χ2v) is 6.33. The number of carbonyl (C=O) groups excluding carboxylic acids is 1. The van der Waals surface area contributed by atoms with E-state index in [0.29, 0.717) is 19.0 Å². The van der Waals surface area contributed by atoms with Gasteiger partial charge in [-0.25, -0.2) is 0 Å². The standard InChI is InChI=1S/C18H31N3O.2ClH/c1-5-18(6-2,12-19)17(22)21-11-16(20)15-9-7-14(8-10-15)13(3)4;;/h7-10,13,16H,5-6,11-12,19-20H2,1-4H3,(H,21,22);2*1H. The van der Waals surface area contributed by atoms with E-state index in [1.165, 1.54) is 5.56 Å². The highest BCUT2D eigenvalue weighted by Crippen LogP contribution is 2.25. The summed E-state index contributed by atoms with van der Waals surface area (Å²) in [5, 5.41) is 2.97. The van der Waals surface area contributed by atoms with Gasteiger partial charge in [0.2, 0.25) is 5.91 Å². The smallest absolute Gasteiger partial charge is 0.227 e. The van der Waals surface area contributed by atoms with Crippen LogP contribution in [0.25, 0.3) is 0 Å². The third kappa shape index (κ3) is 6.25. The summed E-state index contributed by atoms with van der Waals surface area (Å²) in [6.07, 6.45) is 1.48. The zero-order chi connectivity index (χ0) is 16.8. The number of nitrogens with one attached hydrogen (secondary N) is 1. The van der Waals surface area contributed by atoms with Crippen molar-refractivity contribution >= 4 is 30.7 Å². The first-order valence-corrected chi connectivity index (χ1v) is 8.24. The molecule has 1 amide bonds. The van der Waals surface area contributed by atoms with Crippen molar-refractivity contribution in [2.45, 2.75) is 52.5 Å². The number of hydrogen-bond donors (Lipinski definition) is 3. The van der Waals surface area contributed by atoms with Gasteiger partial charge in [-0.05, 0) is 29.9 Å². The quantitative estimate of drug-likeness (QED) is 0.647. The molecule has 0 aromatic heterocycles. The number of halogens is 2. The Bertz CT molecular complexity index is 465. The van der Waals surface area contributed by atoms with Gasteiger partial charge in [0.15, 0.2) is 0 Å². The topological polar surface area (TPSA) is 81.1 Å². The molecule has 4 nitrogen and oxygen atoms in total. The van der Waals surface area contributed by atoms with Crippen LogP contribution >= 0.6 is 24.8 Å². The molecule has 0 aliphatic rings. The fraction of sp³-hybridized carbons (Fsp3) is 0.611. The summed E-state index contributed by atoms with van der Waals surface area (Å²) in [7, 11) is 0. The molecule has 1 unspecified atom stereocenters. The lowest BCUT2D eigenvalue weighted by atomic mass is 9.81. The number of benzene rings is 1. The van der Waals surface area contributed by atoms with Crippen LogP contribution in [-0.2, 0) is 4.79 Å². The Balaban J connectivity index is 0. The second kappa shape index (κ2) is 11.7. The zero-order valence-corrected chi connectivity index (χ0v) is 16.8. The molecule has 1 aromatic rings. The highest BCUT2D eigenvalue weighted by molar-refractivity contribution is 5.85. The highest BCUT2D eigenvalue weighted by atomic mass is 35.5. The van der Waals surface area contributed by atoms with Crippen molar-refractivity contribution in [1.82, 2.24) is 5.32 Å². The predicted molar refractivity (Wildman–Crippen MR) is 107 cm³/mol. The van der Waals surface area contributed by atoms with Crippen molar-refractivity contribution in [2.75, 3.05) is 13.1 Å². The average molecular weight is 378 g/mol. The monoisotopic (exact) mass is 377 g/mol. The predicted octanol–water partition coefficient (Wildman–Crippen LogP) is 3.53. The average Bonchev–Trinajstić information content (AvgIpc) is 2.54. The summed E-state index contributed by atoms with van der Waals surface area (Å²) in [5.74, 6) is 0.513. The molecular formula is C18H33Cl2N3O. The van der Waals surface area contributed by atoms with Crippen LogP contribution < -0.4 is 16.8 Å². The van der Waals surface area contributed by atoms with Gasteiger partial charge in [-0.2, -0.15) is 0 Å². The molecule has 0 bridgehead atoms. The minimum Gasteiger partial charge on any atom is -0.354 e. The van der Waals surface area contributed by atoms with E-state index in [0.717, 1.165) is 18.4 Å². The fourth-order valence-corrected chi connectivity index (χ4v) is 2.59. The van der Waals surface area contributed by atoms with Crippen LogP contribution in [0.3, 0.4) is 0 Å². The van der Waals surface area contributed by atoms with Gasteiger partial charge < -0.3 is 16.8 Å². The van der Waals surface area contributed by atoms with Gasteiger partial charge in [-0.1, -0.05) is 52.0 Å². The van der Waals surface area contributed by atoms with E-state index >= 15 is 0 Å². The van der Waals surface area contributed by atoms with Crippen molar-refractivity contribution in [3.63, 3.8) is 0 Å². The summed E-state index contributed by atoms with van der Waals surface area (Å²) in [6.45, 7) is 9.13. The molecular weight excluding hydrogens is 345 g/mol. The van der Waals surface area contributed by atoms with Gasteiger partial charge >= 0.3 is 0 Å². The van der Waals surface area contributed by atoms with Crippen LogP contribution in [0.2, 0.25) is 0 Å². The van der Waals surface area contributed by atoms with Gasteiger partial charge in [0.05, 0.1) is 5.41 Å². The van der Waals surface area contributed by atoms with Crippen LogP contribution in [-0.4, -0.2) is 19.0 Å². The molecule has 0 saturated heterocycles. The van der Waals surface area contributed by atoms with Gasteiger partial charge in [0.1, 0.15) is 0 Å². The van der Waals surface area contributed by atoms with Gasteiger partial charge in [-0.3, -0.25) is 4.79 Å². The molecule has 1 aromatic carbocycles. The molecule has 0 saturated carbocycles. The Morgan fingerprint density at radius 3 is 1.92 bits per heavy atom. The van der Waals surface area contributed by atoms with Crippen molar-refractivity contribution < 1.29 is 4.79 Å². The Morgan fingerprint density at radius 2 is 1.54 bits per heavy atom. The van der Waals surface area contributed by atoms with E-state index in [1.54, 1.807) is 0 Å². The lowest BCUT2D eigenvalue weighted by Crippen LogP contribution is -2.47. The van der Waals surface area contributed by atoms with E-state index in [9.17, 15) is 4.79 Å². The number of rotatable bonds is 8. The summed E-state index contributed by atoms with van der Waals surface area (Å²) >= 11 is 0. The second-order valence-electron chi connectivity index (χ2n) is 6.33. The largest absolute Gasteiger partial charge is 0.354 e. The molecule has 0 fully saturated rings. The maximum absolute atomic E-state index is 12.4. The first kappa shape index (κ1) is 25.4. The minimum absolute atomic E-state index is 0. The molecule has 24 heavy (non-hydrogen) atoms. The SMILES string of the molecule is CCC(CC)(CN)C(=O)NCC(N)c1ccc(C(C)C)cc1.Cl.Cl. The van der Waals surface area contributed by atoms with Crippen LogP contribution in [0.1, 0.15) is 63.6 Å². The Kier molecular flexibility index (Phi) is 12.4. The fourth-order valence-electron chi connectivity index (χ4n) is 2.59. The maximum Gasteiger partial charge on any atom is 0.227 e. The molecule has 1 atom stereocenters. The maximum atomic E-state index is 12.4. The van der Waals surface area contributed by atoms with Gasteiger partial charge in [-0.15, -0.1) is 24.8 Å². The molecule has 0 spiro atoms. The third-order valence-corrected chi connectivity index (χ3v) is 4.74. The summed E-state index contributed by atoms with van der Waals surface area (Å²) < 4.78 is 0. The van der Waals surface area contributed by atoms with E-state index in [2.05, 4.69) is 31.3 Å². The Labute approximate surface area is 159 Å².